The molecule has 0 saturated heterocycles. The Balaban J connectivity index is 2.27. The van der Waals surface area contributed by atoms with E-state index in [1.54, 1.807) is 38.1 Å². The van der Waals surface area contributed by atoms with E-state index in [2.05, 4.69) is 0 Å². The standard InChI is InChI=1S/C24H27NO6/c1-13(2)21(26)19-20(15-11-17(29-4)23(31-6)18(12-15)30-5)25(24(28)22(19)27)16-9-7-14(3)8-10-16/h7-13,20,27H,1-6H3. The molecule has 2 aromatic carbocycles. The molecular weight excluding hydrogens is 398 g/mol. The van der Waals surface area contributed by atoms with Gasteiger partial charge in [-0.15, -0.1) is 0 Å². The summed E-state index contributed by atoms with van der Waals surface area (Å²) in [6.45, 7) is 5.40. The van der Waals surface area contributed by atoms with Gasteiger partial charge in [-0.05, 0) is 36.8 Å². The SMILES string of the molecule is COc1cc(C2C(C(=O)C(C)C)=C(O)C(=O)N2c2ccc(C)cc2)cc(OC)c1OC. The Morgan fingerprint density at radius 1 is 1.00 bits per heavy atom. The molecule has 0 fully saturated rings. The lowest BCUT2D eigenvalue weighted by molar-refractivity contribution is -0.119. The lowest BCUT2D eigenvalue weighted by Crippen LogP contribution is -2.31. The van der Waals surface area contributed by atoms with Gasteiger partial charge < -0.3 is 19.3 Å². The van der Waals surface area contributed by atoms with Gasteiger partial charge in [-0.25, -0.2) is 0 Å². The molecular formula is C24H27NO6. The summed E-state index contributed by atoms with van der Waals surface area (Å²) in [5.41, 5.74) is 2.19. The van der Waals surface area contributed by atoms with E-state index in [1.807, 2.05) is 19.1 Å². The van der Waals surface area contributed by atoms with Gasteiger partial charge in [0.25, 0.3) is 5.91 Å². The van der Waals surface area contributed by atoms with Crippen molar-refractivity contribution in [3.05, 3.63) is 58.9 Å². The molecule has 0 spiro atoms. The Kier molecular flexibility index (Phi) is 6.24. The number of hydrogen-bond acceptors (Lipinski definition) is 6. The van der Waals surface area contributed by atoms with Gasteiger partial charge in [0.05, 0.1) is 32.9 Å². The highest BCUT2D eigenvalue weighted by molar-refractivity contribution is 6.16. The van der Waals surface area contributed by atoms with E-state index in [9.17, 15) is 14.7 Å². The smallest absolute Gasteiger partial charge is 0.294 e. The van der Waals surface area contributed by atoms with Crippen LogP contribution >= 0.6 is 0 Å². The third-order valence-corrected chi connectivity index (χ3v) is 5.31. The molecule has 31 heavy (non-hydrogen) atoms. The second-order valence-corrected chi connectivity index (χ2v) is 7.65. The van der Waals surface area contributed by atoms with Crippen molar-refractivity contribution in [1.29, 1.82) is 0 Å². The molecule has 7 nitrogen and oxygen atoms in total. The average Bonchev–Trinajstić information content (AvgIpc) is 3.03. The quantitative estimate of drug-likeness (QED) is 0.717. The van der Waals surface area contributed by atoms with Crippen molar-refractivity contribution in [3.8, 4) is 17.2 Å². The van der Waals surface area contributed by atoms with Crippen LogP contribution in [0.15, 0.2) is 47.7 Å². The maximum atomic E-state index is 13.1. The Morgan fingerprint density at radius 2 is 1.55 bits per heavy atom. The molecule has 1 N–H and O–H groups in total. The molecule has 0 saturated carbocycles. The van der Waals surface area contributed by atoms with E-state index in [-0.39, 0.29) is 11.4 Å². The number of carbonyl (C=O) groups is 2. The van der Waals surface area contributed by atoms with Crippen molar-refractivity contribution in [1.82, 2.24) is 0 Å². The zero-order valence-corrected chi connectivity index (χ0v) is 18.6. The number of aliphatic hydroxyl groups excluding tert-OH is 1. The molecule has 7 heteroatoms. The molecule has 2 aromatic rings. The van der Waals surface area contributed by atoms with E-state index in [4.69, 9.17) is 14.2 Å². The van der Waals surface area contributed by atoms with Crippen LogP contribution in [0.25, 0.3) is 0 Å². The Labute approximate surface area is 181 Å². The van der Waals surface area contributed by atoms with Gasteiger partial charge in [-0.3, -0.25) is 14.5 Å². The highest BCUT2D eigenvalue weighted by atomic mass is 16.5. The first-order valence-electron chi connectivity index (χ1n) is 9.92. The molecule has 3 rings (SSSR count). The van der Waals surface area contributed by atoms with Crippen LogP contribution in [0, 0.1) is 12.8 Å². The molecule has 1 aliphatic rings. The van der Waals surface area contributed by atoms with E-state index in [0.29, 0.717) is 28.5 Å². The lowest BCUT2D eigenvalue weighted by atomic mass is 9.90. The van der Waals surface area contributed by atoms with Gasteiger partial charge in [-0.2, -0.15) is 0 Å². The van der Waals surface area contributed by atoms with Gasteiger partial charge in [0.15, 0.2) is 23.0 Å². The summed E-state index contributed by atoms with van der Waals surface area (Å²) >= 11 is 0. The third-order valence-electron chi connectivity index (χ3n) is 5.31. The predicted molar refractivity (Wildman–Crippen MR) is 117 cm³/mol. The minimum absolute atomic E-state index is 0.0508. The first-order chi connectivity index (χ1) is 14.7. The summed E-state index contributed by atoms with van der Waals surface area (Å²) in [5.74, 6) is -0.729. The van der Waals surface area contributed by atoms with E-state index in [0.717, 1.165) is 5.56 Å². The van der Waals surface area contributed by atoms with Gasteiger partial charge in [0, 0.05) is 11.6 Å². The number of Topliss-reactive ketones (excluding diaryl/α,β-unsaturated/α-hetero) is 1. The summed E-state index contributed by atoms with van der Waals surface area (Å²) in [5, 5.41) is 10.7. The normalized spacial score (nSPS) is 16.2. The molecule has 0 radical (unpaired) electrons. The van der Waals surface area contributed by atoms with Gasteiger partial charge >= 0.3 is 0 Å². The highest BCUT2D eigenvalue weighted by Gasteiger charge is 2.45. The number of anilines is 1. The van der Waals surface area contributed by atoms with Crippen LogP contribution in [0.2, 0.25) is 0 Å². The molecule has 1 aliphatic heterocycles. The summed E-state index contributed by atoms with van der Waals surface area (Å²) in [6, 6.07) is 9.84. The number of rotatable bonds is 7. The molecule has 164 valence electrons. The number of ether oxygens (including phenoxy) is 3. The van der Waals surface area contributed by atoms with Crippen LogP contribution in [0.4, 0.5) is 5.69 Å². The molecule has 1 amide bonds. The summed E-state index contributed by atoms with van der Waals surface area (Å²) in [6.07, 6.45) is 0. The van der Waals surface area contributed by atoms with Gasteiger partial charge in [0.2, 0.25) is 5.75 Å². The minimum Gasteiger partial charge on any atom is -0.503 e. The molecule has 0 bridgehead atoms. The number of benzene rings is 2. The highest BCUT2D eigenvalue weighted by Crippen LogP contribution is 2.46. The number of amides is 1. The Morgan fingerprint density at radius 3 is 2.00 bits per heavy atom. The number of hydrogen-bond donors (Lipinski definition) is 1. The monoisotopic (exact) mass is 425 g/mol. The Bertz CT molecular complexity index is 1010. The molecule has 1 unspecified atom stereocenters. The van der Waals surface area contributed by atoms with Crippen molar-refractivity contribution in [2.75, 3.05) is 26.2 Å². The molecule has 0 aromatic heterocycles. The zero-order chi connectivity index (χ0) is 22.9. The van der Waals surface area contributed by atoms with Crippen molar-refractivity contribution < 1.29 is 28.9 Å². The third kappa shape index (κ3) is 3.83. The van der Waals surface area contributed by atoms with Crippen molar-refractivity contribution in [2.45, 2.75) is 26.8 Å². The van der Waals surface area contributed by atoms with E-state index in [1.165, 1.54) is 26.2 Å². The van der Waals surface area contributed by atoms with E-state index < -0.39 is 23.6 Å². The maximum absolute atomic E-state index is 13.1. The number of carbonyl (C=O) groups excluding carboxylic acids is 2. The number of aliphatic hydroxyl groups is 1. The fraction of sp³-hybridized carbons (Fsp3) is 0.333. The van der Waals surface area contributed by atoms with Crippen LogP contribution in [0.1, 0.15) is 31.0 Å². The van der Waals surface area contributed by atoms with Crippen LogP contribution in [-0.4, -0.2) is 38.1 Å². The zero-order valence-electron chi connectivity index (χ0n) is 18.6. The minimum atomic E-state index is -0.848. The first-order valence-corrected chi connectivity index (χ1v) is 9.92. The average molecular weight is 425 g/mol. The maximum Gasteiger partial charge on any atom is 0.294 e. The molecule has 1 heterocycles. The summed E-state index contributed by atoms with van der Waals surface area (Å²) in [4.78, 5) is 27.6. The van der Waals surface area contributed by atoms with Crippen LogP contribution in [0.3, 0.4) is 0 Å². The van der Waals surface area contributed by atoms with Crippen LogP contribution < -0.4 is 19.1 Å². The van der Waals surface area contributed by atoms with Gasteiger partial charge in [0.1, 0.15) is 0 Å². The van der Waals surface area contributed by atoms with Crippen molar-refractivity contribution >= 4 is 17.4 Å². The second-order valence-electron chi connectivity index (χ2n) is 7.65. The van der Waals surface area contributed by atoms with Gasteiger partial charge in [-0.1, -0.05) is 31.5 Å². The predicted octanol–water partition coefficient (Wildman–Crippen LogP) is 4.15. The largest absolute Gasteiger partial charge is 0.503 e. The van der Waals surface area contributed by atoms with Crippen LogP contribution in [0.5, 0.6) is 17.2 Å². The fourth-order valence-corrected chi connectivity index (χ4v) is 3.71. The number of methoxy groups -OCH3 is 3. The summed E-state index contributed by atoms with van der Waals surface area (Å²) in [7, 11) is 4.48. The van der Waals surface area contributed by atoms with Crippen LogP contribution in [-0.2, 0) is 9.59 Å². The first kappa shape index (κ1) is 22.2. The fourth-order valence-electron chi connectivity index (χ4n) is 3.71. The number of ketones is 1. The Hall–Kier alpha value is -3.48. The molecule has 1 atom stereocenters. The van der Waals surface area contributed by atoms with Crippen molar-refractivity contribution in [3.63, 3.8) is 0 Å². The summed E-state index contributed by atoms with van der Waals surface area (Å²) < 4.78 is 16.3. The second kappa shape index (κ2) is 8.71. The van der Waals surface area contributed by atoms with E-state index >= 15 is 0 Å². The topological polar surface area (TPSA) is 85.3 Å². The molecule has 0 aliphatic carbocycles. The number of aryl methyl sites for hydroxylation is 1. The van der Waals surface area contributed by atoms with Crippen molar-refractivity contribution in [2.24, 2.45) is 5.92 Å². The lowest BCUT2D eigenvalue weighted by Gasteiger charge is -2.28. The number of nitrogens with zero attached hydrogens (tertiary/aromatic N) is 1.